The Balaban J connectivity index is 1.98. The lowest BCUT2D eigenvalue weighted by molar-refractivity contribution is 0.0327. The number of morpholine rings is 1. The van der Waals surface area contributed by atoms with E-state index in [0.717, 1.165) is 26.1 Å². The average Bonchev–Trinajstić information content (AvgIpc) is 2.51. The predicted molar refractivity (Wildman–Crippen MR) is 47.3 cm³/mol. The van der Waals surface area contributed by atoms with Gasteiger partial charge in [-0.3, -0.25) is 0 Å². The summed E-state index contributed by atoms with van der Waals surface area (Å²) in [5.41, 5.74) is 5.19. The summed E-state index contributed by atoms with van der Waals surface area (Å²) < 4.78 is 5.39. The standard InChI is InChI=1S/C8H15N3O2/c9-7(12)11-3-1-8(5-11)6-13-4-2-10-8/h10H,1-6H2,(H2,9,12). The molecule has 0 aromatic rings. The van der Waals surface area contributed by atoms with E-state index >= 15 is 0 Å². The van der Waals surface area contributed by atoms with Crippen LogP contribution < -0.4 is 11.1 Å². The zero-order valence-electron chi connectivity index (χ0n) is 7.58. The van der Waals surface area contributed by atoms with Gasteiger partial charge in [0, 0.05) is 19.6 Å². The summed E-state index contributed by atoms with van der Waals surface area (Å²) in [4.78, 5) is 12.6. The van der Waals surface area contributed by atoms with Gasteiger partial charge in [-0.1, -0.05) is 0 Å². The van der Waals surface area contributed by atoms with Gasteiger partial charge in [0.2, 0.25) is 0 Å². The van der Waals surface area contributed by atoms with Gasteiger partial charge < -0.3 is 20.7 Å². The van der Waals surface area contributed by atoms with E-state index in [-0.39, 0.29) is 11.6 Å². The second-order valence-electron chi connectivity index (χ2n) is 3.77. The van der Waals surface area contributed by atoms with Crippen LogP contribution in [-0.4, -0.2) is 49.3 Å². The van der Waals surface area contributed by atoms with Crippen molar-refractivity contribution >= 4 is 6.03 Å². The van der Waals surface area contributed by atoms with E-state index in [1.165, 1.54) is 0 Å². The molecule has 13 heavy (non-hydrogen) atoms. The van der Waals surface area contributed by atoms with E-state index in [1.54, 1.807) is 4.90 Å². The van der Waals surface area contributed by atoms with E-state index in [9.17, 15) is 4.79 Å². The molecule has 0 saturated carbocycles. The largest absolute Gasteiger partial charge is 0.378 e. The number of carbonyl (C=O) groups is 1. The van der Waals surface area contributed by atoms with Crippen LogP contribution in [0.2, 0.25) is 0 Å². The molecule has 2 aliphatic heterocycles. The molecule has 2 amide bonds. The molecule has 0 aromatic carbocycles. The number of nitrogens with two attached hydrogens (primary N) is 1. The molecular weight excluding hydrogens is 170 g/mol. The lowest BCUT2D eigenvalue weighted by Gasteiger charge is -2.34. The minimum absolute atomic E-state index is 0.0206. The van der Waals surface area contributed by atoms with Gasteiger partial charge in [0.1, 0.15) is 0 Å². The summed E-state index contributed by atoms with van der Waals surface area (Å²) >= 11 is 0. The van der Waals surface area contributed by atoms with Crippen molar-refractivity contribution in [2.45, 2.75) is 12.0 Å². The van der Waals surface area contributed by atoms with Gasteiger partial charge in [-0.2, -0.15) is 0 Å². The van der Waals surface area contributed by atoms with Crippen molar-refractivity contribution in [3.63, 3.8) is 0 Å². The summed E-state index contributed by atoms with van der Waals surface area (Å²) in [5.74, 6) is 0. The quantitative estimate of drug-likeness (QED) is 0.515. The van der Waals surface area contributed by atoms with Crippen molar-refractivity contribution in [1.82, 2.24) is 10.2 Å². The third kappa shape index (κ3) is 1.62. The Bertz CT molecular complexity index is 213. The van der Waals surface area contributed by atoms with Crippen LogP contribution in [0.3, 0.4) is 0 Å². The zero-order valence-corrected chi connectivity index (χ0v) is 7.58. The molecule has 1 spiro atoms. The molecule has 74 valence electrons. The van der Waals surface area contributed by atoms with Gasteiger partial charge in [0.15, 0.2) is 0 Å². The number of hydrogen-bond acceptors (Lipinski definition) is 3. The lowest BCUT2D eigenvalue weighted by Crippen LogP contribution is -2.56. The van der Waals surface area contributed by atoms with Crippen LogP contribution in [0.25, 0.3) is 0 Å². The number of primary amides is 1. The Morgan fingerprint density at radius 2 is 2.46 bits per heavy atom. The van der Waals surface area contributed by atoms with Crippen LogP contribution in [0, 0.1) is 0 Å². The fraction of sp³-hybridized carbons (Fsp3) is 0.875. The monoisotopic (exact) mass is 185 g/mol. The van der Waals surface area contributed by atoms with Gasteiger partial charge in [0.25, 0.3) is 0 Å². The minimum atomic E-state index is -0.329. The highest BCUT2D eigenvalue weighted by molar-refractivity contribution is 5.72. The molecule has 0 radical (unpaired) electrons. The lowest BCUT2D eigenvalue weighted by atomic mass is 9.99. The molecule has 5 nitrogen and oxygen atoms in total. The Labute approximate surface area is 77.2 Å². The van der Waals surface area contributed by atoms with Crippen molar-refractivity contribution in [3.8, 4) is 0 Å². The first-order valence-electron chi connectivity index (χ1n) is 4.59. The smallest absolute Gasteiger partial charge is 0.314 e. The molecule has 0 bridgehead atoms. The number of carbonyl (C=O) groups excluding carboxylic acids is 1. The second kappa shape index (κ2) is 3.16. The highest BCUT2D eigenvalue weighted by atomic mass is 16.5. The van der Waals surface area contributed by atoms with Gasteiger partial charge in [-0.25, -0.2) is 4.79 Å². The average molecular weight is 185 g/mol. The van der Waals surface area contributed by atoms with Crippen LogP contribution in [-0.2, 0) is 4.74 Å². The molecule has 2 rings (SSSR count). The fourth-order valence-corrected chi connectivity index (χ4v) is 2.03. The van der Waals surface area contributed by atoms with E-state index in [2.05, 4.69) is 5.32 Å². The molecule has 1 atom stereocenters. The highest BCUT2D eigenvalue weighted by Crippen LogP contribution is 2.23. The molecular formula is C8H15N3O2. The molecule has 2 saturated heterocycles. The summed E-state index contributed by atoms with van der Waals surface area (Å²) in [6, 6.07) is -0.329. The van der Waals surface area contributed by atoms with E-state index in [0.29, 0.717) is 13.2 Å². The fourth-order valence-electron chi connectivity index (χ4n) is 2.03. The number of amides is 2. The van der Waals surface area contributed by atoms with Crippen LogP contribution in [0.15, 0.2) is 0 Å². The maximum Gasteiger partial charge on any atom is 0.314 e. The second-order valence-corrected chi connectivity index (χ2v) is 3.77. The van der Waals surface area contributed by atoms with Crippen LogP contribution in [0.4, 0.5) is 4.79 Å². The first-order valence-corrected chi connectivity index (χ1v) is 4.59. The molecule has 2 fully saturated rings. The normalized spacial score (nSPS) is 34.0. The maximum absolute atomic E-state index is 10.9. The minimum Gasteiger partial charge on any atom is -0.378 e. The van der Waals surface area contributed by atoms with Crippen molar-refractivity contribution in [2.24, 2.45) is 5.73 Å². The van der Waals surface area contributed by atoms with Gasteiger partial charge >= 0.3 is 6.03 Å². The Hall–Kier alpha value is -0.810. The SMILES string of the molecule is NC(=O)N1CCC2(COCCN2)C1. The van der Waals surface area contributed by atoms with Crippen molar-refractivity contribution < 1.29 is 9.53 Å². The van der Waals surface area contributed by atoms with Gasteiger partial charge in [-0.05, 0) is 6.42 Å². The summed E-state index contributed by atoms with van der Waals surface area (Å²) in [5, 5.41) is 3.40. The summed E-state index contributed by atoms with van der Waals surface area (Å²) in [6.45, 7) is 3.75. The molecule has 0 aliphatic carbocycles. The van der Waals surface area contributed by atoms with Crippen LogP contribution >= 0.6 is 0 Å². The highest BCUT2D eigenvalue weighted by Gasteiger charge is 2.40. The number of rotatable bonds is 0. The number of nitrogens with one attached hydrogen (secondary N) is 1. The van der Waals surface area contributed by atoms with Gasteiger partial charge in [-0.15, -0.1) is 0 Å². The third-order valence-electron chi connectivity index (χ3n) is 2.79. The topological polar surface area (TPSA) is 67.6 Å². The Morgan fingerprint density at radius 3 is 3.00 bits per heavy atom. The van der Waals surface area contributed by atoms with Crippen molar-refractivity contribution in [1.29, 1.82) is 0 Å². The molecule has 2 heterocycles. The van der Waals surface area contributed by atoms with E-state index in [1.807, 2.05) is 0 Å². The number of likely N-dealkylation sites (tertiary alicyclic amines) is 1. The number of hydrogen-bond donors (Lipinski definition) is 2. The van der Waals surface area contributed by atoms with Crippen molar-refractivity contribution in [3.05, 3.63) is 0 Å². The Morgan fingerprint density at radius 1 is 1.62 bits per heavy atom. The molecule has 3 N–H and O–H groups in total. The zero-order chi connectivity index (χ0) is 9.31. The third-order valence-corrected chi connectivity index (χ3v) is 2.79. The summed E-state index contributed by atoms with van der Waals surface area (Å²) in [6.07, 6.45) is 0.940. The van der Waals surface area contributed by atoms with E-state index in [4.69, 9.17) is 10.5 Å². The summed E-state index contributed by atoms with van der Waals surface area (Å²) in [7, 11) is 0. The number of nitrogens with zero attached hydrogens (tertiary/aromatic N) is 1. The van der Waals surface area contributed by atoms with Crippen LogP contribution in [0.5, 0.6) is 0 Å². The Kier molecular flexibility index (Phi) is 2.13. The first-order chi connectivity index (χ1) is 6.22. The van der Waals surface area contributed by atoms with Gasteiger partial charge in [0.05, 0.1) is 18.8 Å². The molecule has 2 aliphatic rings. The maximum atomic E-state index is 10.9. The number of urea groups is 1. The van der Waals surface area contributed by atoms with E-state index < -0.39 is 0 Å². The molecule has 1 unspecified atom stereocenters. The molecule has 5 heteroatoms. The predicted octanol–water partition coefficient (Wildman–Crippen LogP) is -0.871. The number of ether oxygens (including phenoxy) is 1. The molecule has 0 aromatic heterocycles. The van der Waals surface area contributed by atoms with Crippen molar-refractivity contribution in [2.75, 3.05) is 32.8 Å². The first kappa shape index (κ1) is 8.77. The van der Waals surface area contributed by atoms with Crippen LogP contribution in [0.1, 0.15) is 6.42 Å².